The average molecular weight is 470 g/mol. The molecule has 3 N–H and O–H groups in total. The van der Waals surface area contributed by atoms with E-state index in [1.807, 2.05) is 19.8 Å². The van der Waals surface area contributed by atoms with E-state index in [1.54, 1.807) is 24.3 Å². The van der Waals surface area contributed by atoms with Crippen molar-refractivity contribution in [3.63, 3.8) is 0 Å². The van der Waals surface area contributed by atoms with Crippen LogP contribution in [0.25, 0.3) is 0 Å². The van der Waals surface area contributed by atoms with Crippen LogP contribution >= 0.6 is 0 Å². The van der Waals surface area contributed by atoms with Crippen LogP contribution in [0.2, 0.25) is 0 Å². The smallest absolute Gasteiger partial charge is 0.127 e. The van der Waals surface area contributed by atoms with Crippen LogP contribution in [0, 0.1) is 5.92 Å². The van der Waals surface area contributed by atoms with Crippen molar-refractivity contribution < 1.29 is 24.9 Å². The van der Waals surface area contributed by atoms with Crippen LogP contribution in [-0.4, -0.2) is 52.4 Å². The maximum atomic E-state index is 10.3. The molecule has 2 unspecified atom stereocenters. The highest BCUT2D eigenvalue weighted by molar-refractivity contribution is 5.61. The summed E-state index contributed by atoms with van der Waals surface area (Å²) in [5.41, 5.74) is 3.10. The van der Waals surface area contributed by atoms with E-state index in [0.29, 0.717) is 6.04 Å². The lowest BCUT2D eigenvalue weighted by molar-refractivity contribution is -0.108. The number of aldehydes is 1. The average Bonchev–Trinajstić information content (AvgIpc) is 3.29. The van der Waals surface area contributed by atoms with Crippen LogP contribution < -0.4 is 0 Å². The number of carbonyl (C=O) groups is 2. The van der Waals surface area contributed by atoms with E-state index >= 15 is 0 Å². The van der Waals surface area contributed by atoms with Gasteiger partial charge in [0.15, 0.2) is 0 Å². The summed E-state index contributed by atoms with van der Waals surface area (Å²) in [5, 5.41) is 28.6. The number of nitrogens with zero attached hydrogens (tertiary/aromatic N) is 1. The highest BCUT2D eigenvalue weighted by atomic mass is 16.3. The molecule has 3 atom stereocenters. The maximum Gasteiger partial charge on any atom is 0.127 e. The number of hydrogen-bond donors (Lipinski definition) is 3. The Labute approximate surface area is 203 Å². The monoisotopic (exact) mass is 469 g/mol. The van der Waals surface area contributed by atoms with Gasteiger partial charge < -0.3 is 24.9 Å². The Morgan fingerprint density at radius 1 is 0.971 bits per heavy atom. The molecule has 6 nitrogen and oxygen atoms in total. The molecule has 2 aromatic rings. The number of fused-ring (bicyclic) bond motifs is 1. The van der Waals surface area contributed by atoms with E-state index in [2.05, 4.69) is 11.8 Å². The second kappa shape index (κ2) is 13.8. The summed E-state index contributed by atoms with van der Waals surface area (Å²) >= 11 is 0. The van der Waals surface area contributed by atoms with Crippen molar-refractivity contribution in [2.24, 2.45) is 5.92 Å². The maximum absolute atomic E-state index is 10.3. The Bertz CT molecular complexity index is 898. The van der Waals surface area contributed by atoms with Crippen LogP contribution in [0.3, 0.4) is 0 Å². The molecule has 1 aliphatic heterocycles. The van der Waals surface area contributed by atoms with Gasteiger partial charge in [-0.25, -0.2) is 0 Å². The Hall–Kier alpha value is -2.86. The van der Waals surface area contributed by atoms with Crippen molar-refractivity contribution >= 4 is 13.1 Å². The highest BCUT2D eigenvalue weighted by Crippen LogP contribution is 2.36. The van der Waals surface area contributed by atoms with Crippen LogP contribution in [0.5, 0.6) is 17.2 Å². The van der Waals surface area contributed by atoms with Gasteiger partial charge >= 0.3 is 0 Å². The van der Waals surface area contributed by atoms with Crippen molar-refractivity contribution in [3.8, 4) is 17.2 Å². The summed E-state index contributed by atoms with van der Waals surface area (Å²) in [7, 11) is 0. The Morgan fingerprint density at radius 2 is 1.65 bits per heavy atom. The Balaban J connectivity index is 0.000000266. The fourth-order valence-corrected chi connectivity index (χ4v) is 4.87. The van der Waals surface area contributed by atoms with Gasteiger partial charge in [0.05, 0.1) is 0 Å². The number of hydrogen-bond acceptors (Lipinski definition) is 6. The van der Waals surface area contributed by atoms with Crippen molar-refractivity contribution in [2.45, 2.75) is 70.8 Å². The first kappa shape index (κ1) is 27.4. The summed E-state index contributed by atoms with van der Waals surface area (Å²) in [6, 6.07) is 10.4. The largest absolute Gasteiger partial charge is 0.508 e. The molecule has 1 aliphatic carbocycles. The molecular weight excluding hydrogens is 430 g/mol. The summed E-state index contributed by atoms with van der Waals surface area (Å²) in [6.07, 6.45) is 9.48. The van der Waals surface area contributed by atoms with Gasteiger partial charge in [0.2, 0.25) is 0 Å². The van der Waals surface area contributed by atoms with Crippen molar-refractivity contribution in [3.05, 3.63) is 53.1 Å². The molecule has 2 aromatic carbocycles. The molecular formula is C28H39NO5. The Morgan fingerprint density at radius 3 is 2.32 bits per heavy atom. The zero-order valence-electron chi connectivity index (χ0n) is 20.4. The SMILES string of the molecule is C=O.CC(C=O)c1ccc(O)cc1.C[C@H]1CCCCCCN(C2Cc3cc(O)cc(O)c3C2)C1. The number of benzene rings is 2. The van der Waals surface area contributed by atoms with E-state index < -0.39 is 0 Å². The normalized spacial score (nSPS) is 21.2. The fourth-order valence-electron chi connectivity index (χ4n) is 4.87. The number of aromatic hydroxyl groups is 3. The van der Waals surface area contributed by atoms with Crippen molar-refractivity contribution in [1.29, 1.82) is 0 Å². The molecule has 0 amide bonds. The lowest BCUT2D eigenvalue weighted by atomic mass is 10.0. The number of phenols is 3. The molecule has 186 valence electrons. The minimum Gasteiger partial charge on any atom is -0.508 e. The van der Waals surface area contributed by atoms with E-state index in [4.69, 9.17) is 9.90 Å². The van der Waals surface area contributed by atoms with Crippen molar-refractivity contribution in [1.82, 2.24) is 4.90 Å². The number of rotatable bonds is 3. The first-order valence-electron chi connectivity index (χ1n) is 12.2. The third-order valence-electron chi connectivity index (χ3n) is 6.78. The molecule has 6 heteroatoms. The summed E-state index contributed by atoms with van der Waals surface area (Å²) in [4.78, 5) is 21.0. The second-order valence-corrected chi connectivity index (χ2v) is 9.48. The second-order valence-electron chi connectivity index (χ2n) is 9.48. The third kappa shape index (κ3) is 7.87. The third-order valence-corrected chi connectivity index (χ3v) is 6.78. The minimum atomic E-state index is -0.0874. The summed E-state index contributed by atoms with van der Waals surface area (Å²) in [6.45, 7) is 8.53. The fraction of sp³-hybridized carbons (Fsp3) is 0.500. The first-order valence-corrected chi connectivity index (χ1v) is 12.2. The Kier molecular flexibility index (Phi) is 11.1. The van der Waals surface area contributed by atoms with E-state index in [-0.39, 0.29) is 23.2 Å². The van der Waals surface area contributed by atoms with Crippen LogP contribution in [0.4, 0.5) is 0 Å². The molecule has 4 rings (SSSR count). The lowest BCUT2D eigenvalue weighted by Gasteiger charge is -2.30. The molecule has 0 radical (unpaired) electrons. The highest BCUT2D eigenvalue weighted by Gasteiger charge is 2.30. The lowest BCUT2D eigenvalue weighted by Crippen LogP contribution is -2.39. The van der Waals surface area contributed by atoms with Gasteiger partial charge in [-0.15, -0.1) is 0 Å². The zero-order chi connectivity index (χ0) is 25.1. The topological polar surface area (TPSA) is 98.1 Å². The van der Waals surface area contributed by atoms with Crippen LogP contribution in [0.1, 0.15) is 68.6 Å². The molecule has 1 saturated heterocycles. The van der Waals surface area contributed by atoms with Gasteiger partial charge in [0.25, 0.3) is 0 Å². The standard InChI is InChI=1S/C18H27NO2.C9H10O2.CH2O/c1-13-6-4-2-3-5-7-19(12-13)15-8-14-9-16(20)11-18(21)17(14)10-15;1-7(6-10)8-2-4-9(11)5-3-8;1-2/h9,11,13,15,20-21H,2-8,10,12H2,1H3;2-7,11H,1H3;1H2/t13-,15?;;/m0../s1. The van der Waals surface area contributed by atoms with E-state index in [9.17, 15) is 15.0 Å². The van der Waals surface area contributed by atoms with Crippen LogP contribution in [0.15, 0.2) is 36.4 Å². The quantitative estimate of drug-likeness (QED) is 0.549. The molecule has 34 heavy (non-hydrogen) atoms. The molecule has 0 saturated carbocycles. The first-order chi connectivity index (χ1) is 16.4. The van der Waals surface area contributed by atoms with E-state index in [1.165, 1.54) is 51.3 Å². The molecule has 1 fully saturated rings. The number of phenolic OH excluding ortho intramolecular Hbond substituents is 3. The summed E-state index contributed by atoms with van der Waals surface area (Å²) in [5.74, 6) is 1.35. The number of carbonyl (C=O) groups excluding carboxylic acids is 2. The molecule has 0 bridgehead atoms. The van der Waals surface area contributed by atoms with Gasteiger partial charge in [-0.1, -0.05) is 45.2 Å². The van der Waals surface area contributed by atoms with Gasteiger partial charge in [-0.3, -0.25) is 4.90 Å². The summed E-state index contributed by atoms with van der Waals surface area (Å²) < 4.78 is 0. The van der Waals surface area contributed by atoms with E-state index in [0.717, 1.165) is 41.7 Å². The minimum absolute atomic E-state index is 0.0874. The van der Waals surface area contributed by atoms with Gasteiger partial charge in [0, 0.05) is 24.6 Å². The molecule has 0 spiro atoms. The zero-order valence-corrected chi connectivity index (χ0v) is 20.4. The van der Waals surface area contributed by atoms with Gasteiger partial charge in [-0.2, -0.15) is 0 Å². The molecule has 1 heterocycles. The van der Waals surface area contributed by atoms with Gasteiger partial charge in [0.1, 0.15) is 30.3 Å². The van der Waals surface area contributed by atoms with Crippen LogP contribution in [-0.2, 0) is 22.4 Å². The molecule has 2 aliphatic rings. The molecule has 0 aromatic heterocycles. The predicted octanol–water partition coefficient (Wildman–Crippen LogP) is 4.98. The predicted molar refractivity (Wildman–Crippen MR) is 134 cm³/mol. The van der Waals surface area contributed by atoms with Crippen molar-refractivity contribution in [2.75, 3.05) is 13.1 Å². The van der Waals surface area contributed by atoms with Gasteiger partial charge in [-0.05, 0) is 73.0 Å².